The van der Waals surface area contributed by atoms with Crippen molar-refractivity contribution in [1.29, 1.82) is 0 Å². The second kappa shape index (κ2) is 10.6. The van der Waals surface area contributed by atoms with Crippen LogP contribution in [0, 0.1) is 0 Å². The van der Waals surface area contributed by atoms with Crippen LogP contribution in [0.25, 0.3) is 0 Å². The van der Waals surface area contributed by atoms with E-state index in [1.54, 1.807) is 48.5 Å². The summed E-state index contributed by atoms with van der Waals surface area (Å²) < 4.78 is 0. The molecule has 31 heavy (non-hydrogen) atoms. The SMILES string of the molecule is CC(=O)Nc1ccc(NCC(=O)Nc2cccc(C(=O)NCc3ccccc3)c2)cc1. The molecule has 0 aliphatic carbocycles. The van der Waals surface area contributed by atoms with Gasteiger partial charge in [-0.25, -0.2) is 0 Å². The Kier molecular flexibility index (Phi) is 7.37. The fourth-order valence-electron chi connectivity index (χ4n) is 2.88. The van der Waals surface area contributed by atoms with E-state index in [4.69, 9.17) is 0 Å². The molecule has 3 aromatic rings. The lowest BCUT2D eigenvalue weighted by Gasteiger charge is -2.10. The lowest BCUT2D eigenvalue weighted by molar-refractivity contribution is -0.115. The first-order chi connectivity index (χ1) is 15.0. The van der Waals surface area contributed by atoms with Crippen molar-refractivity contribution in [2.75, 3.05) is 22.5 Å². The maximum atomic E-state index is 12.4. The molecule has 0 radical (unpaired) electrons. The van der Waals surface area contributed by atoms with Crippen molar-refractivity contribution in [2.24, 2.45) is 0 Å². The molecular formula is C24H24N4O3. The minimum atomic E-state index is -0.243. The van der Waals surface area contributed by atoms with Gasteiger partial charge in [-0.2, -0.15) is 0 Å². The van der Waals surface area contributed by atoms with Gasteiger partial charge in [0.2, 0.25) is 11.8 Å². The molecule has 0 atom stereocenters. The summed E-state index contributed by atoms with van der Waals surface area (Å²) in [4.78, 5) is 35.7. The van der Waals surface area contributed by atoms with Gasteiger partial charge >= 0.3 is 0 Å². The molecular weight excluding hydrogens is 392 g/mol. The molecule has 3 aromatic carbocycles. The number of benzene rings is 3. The number of anilines is 3. The molecule has 7 nitrogen and oxygen atoms in total. The van der Waals surface area contributed by atoms with Gasteiger partial charge in [0.25, 0.3) is 5.91 Å². The van der Waals surface area contributed by atoms with Gasteiger partial charge in [-0.3, -0.25) is 14.4 Å². The highest BCUT2D eigenvalue weighted by molar-refractivity contribution is 5.98. The Morgan fingerprint density at radius 2 is 1.45 bits per heavy atom. The molecule has 3 rings (SSSR count). The lowest BCUT2D eigenvalue weighted by atomic mass is 10.1. The van der Waals surface area contributed by atoms with Crippen LogP contribution in [0.5, 0.6) is 0 Å². The monoisotopic (exact) mass is 416 g/mol. The molecule has 0 aromatic heterocycles. The minimum Gasteiger partial charge on any atom is -0.376 e. The van der Waals surface area contributed by atoms with Crippen molar-refractivity contribution in [2.45, 2.75) is 13.5 Å². The van der Waals surface area contributed by atoms with Crippen molar-refractivity contribution in [3.63, 3.8) is 0 Å². The number of rotatable bonds is 8. The Morgan fingerprint density at radius 3 is 2.16 bits per heavy atom. The number of carbonyl (C=O) groups is 3. The summed E-state index contributed by atoms with van der Waals surface area (Å²) in [6.45, 7) is 1.93. The standard InChI is InChI=1S/C24H24N4O3/c1-17(29)27-21-12-10-20(11-13-21)25-16-23(30)28-22-9-5-8-19(14-22)24(31)26-15-18-6-3-2-4-7-18/h2-14,25H,15-16H2,1H3,(H,26,31)(H,27,29)(H,28,30). The molecule has 0 aliphatic heterocycles. The van der Waals surface area contributed by atoms with Gasteiger partial charge in [0.15, 0.2) is 0 Å². The highest BCUT2D eigenvalue weighted by atomic mass is 16.2. The largest absolute Gasteiger partial charge is 0.376 e. The third-order valence-electron chi connectivity index (χ3n) is 4.36. The van der Waals surface area contributed by atoms with Crippen LogP contribution in [0.4, 0.5) is 17.1 Å². The molecule has 158 valence electrons. The fraction of sp³-hybridized carbons (Fsp3) is 0.125. The second-order valence-corrected chi connectivity index (χ2v) is 6.91. The van der Waals surface area contributed by atoms with E-state index in [0.717, 1.165) is 11.3 Å². The summed E-state index contributed by atoms with van der Waals surface area (Å²) in [7, 11) is 0. The van der Waals surface area contributed by atoms with Crippen LogP contribution in [0.1, 0.15) is 22.8 Å². The van der Waals surface area contributed by atoms with Crippen LogP contribution < -0.4 is 21.3 Å². The van der Waals surface area contributed by atoms with Gasteiger partial charge in [-0.15, -0.1) is 0 Å². The predicted molar refractivity (Wildman–Crippen MR) is 122 cm³/mol. The van der Waals surface area contributed by atoms with E-state index >= 15 is 0 Å². The number of hydrogen-bond acceptors (Lipinski definition) is 4. The van der Waals surface area contributed by atoms with Crippen LogP contribution >= 0.6 is 0 Å². The number of carbonyl (C=O) groups excluding carboxylic acids is 3. The Balaban J connectivity index is 1.49. The summed E-state index contributed by atoms with van der Waals surface area (Å²) >= 11 is 0. The lowest BCUT2D eigenvalue weighted by Crippen LogP contribution is -2.24. The quantitative estimate of drug-likeness (QED) is 0.451. The Hall–Kier alpha value is -4.13. The first-order valence-electron chi connectivity index (χ1n) is 9.83. The zero-order valence-corrected chi connectivity index (χ0v) is 17.1. The molecule has 7 heteroatoms. The van der Waals surface area contributed by atoms with Crippen molar-refractivity contribution in [1.82, 2.24) is 5.32 Å². The molecule has 0 saturated carbocycles. The van der Waals surface area contributed by atoms with Gasteiger partial charge in [-0.1, -0.05) is 36.4 Å². The maximum absolute atomic E-state index is 12.4. The molecule has 0 bridgehead atoms. The van der Waals surface area contributed by atoms with Crippen LogP contribution in [0.2, 0.25) is 0 Å². The Labute approximate surface area is 180 Å². The highest BCUT2D eigenvalue weighted by Crippen LogP contribution is 2.14. The topological polar surface area (TPSA) is 99.3 Å². The molecule has 0 heterocycles. The first-order valence-corrected chi connectivity index (χ1v) is 9.83. The zero-order valence-electron chi connectivity index (χ0n) is 17.1. The molecule has 3 amide bonds. The van der Waals surface area contributed by atoms with E-state index in [2.05, 4.69) is 21.3 Å². The van der Waals surface area contributed by atoms with Gasteiger partial charge in [0.1, 0.15) is 0 Å². The summed E-state index contributed by atoms with van der Waals surface area (Å²) in [6, 6.07) is 23.5. The third kappa shape index (κ3) is 7.01. The van der Waals surface area contributed by atoms with E-state index < -0.39 is 0 Å². The van der Waals surface area contributed by atoms with Crippen molar-refractivity contribution >= 4 is 34.8 Å². The van der Waals surface area contributed by atoms with Gasteiger partial charge < -0.3 is 21.3 Å². The zero-order chi connectivity index (χ0) is 22.1. The van der Waals surface area contributed by atoms with Gasteiger partial charge in [0.05, 0.1) is 6.54 Å². The minimum absolute atomic E-state index is 0.0594. The maximum Gasteiger partial charge on any atom is 0.251 e. The average molecular weight is 416 g/mol. The fourth-order valence-corrected chi connectivity index (χ4v) is 2.88. The van der Waals surface area contributed by atoms with Crippen LogP contribution in [-0.2, 0) is 16.1 Å². The van der Waals surface area contributed by atoms with Crippen molar-refractivity contribution in [3.05, 3.63) is 90.0 Å². The van der Waals surface area contributed by atoms with E-state index in [9.17, 15) is 14.4 Å². The van der Waals surface area contributed by atoms with Gasteiger partial charge in [-0.05, 0) is 48.0 Å². The summed E-state index contributed by atoms with van der Waals surface area (Å²) in [6.07, 6.45) is 0. The number of nitrogens with one attached hydrogen (secondary N) is 4. The van der Waals surface area contributed by atoms with E-state index in [1.165, 1.54) is 6.92 Å². The van der Waals surface area contributed by atoms with Crippen molar-refractivity contribution in [3.8, 4) is 0 Å². The van der Waals surface area contributed by atoms with E-state index in [1.807, 2.05) is 30.3 Å². The summed E-state index contributed by atoms with van der Waals surface area (Å²) in [5.74, 6) is -0.596. The number of amides is 3. The predicted octanol–water partition coefficient (Wildman–Crippen LogP) is 3.63. The first kappa shape index (κ1) is 21.6. The Morgan fingerprint density at radius 1 is 0.742 bits per heavy atom. The molecule has 0 fully saturated rings. The van der Waals surface area contributed by atoms with E-state index in [0.29, 0.717) is 23.5 Å². The third-order valence-corrected chi connectivity index (χ3v) is 4.36. The molecule has 0 saturated heterocycles. The van der Waals surface area contributed by atoms with Crippen molar-refractivity contribution < 1.29 is 14.4 Å². The highest BCUT2D eigenvalue weighted by Gasteiger charge is 2.08. The molecule has 0 unspecified atom stereocenters. The molecule has 4 N–H and O–H groups in total. The normalized spacial score (nSPS) is 10.1. The van der Waals surface area contributed by atoms with Gasteiger partial charge in [0, 0.05) is 36.1 Å². The van der Waals surface area contributed by atoms with Crippen LogP contribution in [0.15, 0.2) is 78.9 Å². The molecule has 0 aliphatic rings. The summed E-state index contributed by atoms with van der Waals surface area (Å²) in [5, 5.41) is 11.3. The van der Waals surface area contributed by atoms with Crippen LogP contribution in [0.3, 0.4) is 0 Å². The van der Waals surface area contributed by atoms with E-state index in [-0.39, 0.29) is 24.3 Å². The second-order valence-electron chi connectivity index (χ2n) is 6.91. The Bertz CT molecular complexity index is 1050. The smallest absolute Gasteiger partial charge is 0.251 e. The number of hydrogen-bond donors (Lipinski definition) is 4. The van der Waals surface area contributed by atoms with Crippen LogP contribution in [-0.4, -0.2) is 24.3 Å². The average Bonchev–Trinajstić information content (AvgIpc) is 2.77. The molecule has 0 spiro atoms. The summed E-state index contributed by atoms with van der Waals surface area (Å²) in [5.41, 5.74) is 3.45.